The van der Waals surface area contributed by atoms with Gasteiger partial charge < -0.3 is 0 Å². The molecule has 0 aromatic heterocycles. The molecule has 0 rings (SSSR count). The van der Waals surface area contributed by atoms with Gasteiger partial charge in [-0.05, 0) is 0 Å². The summed E-state index contributed by atoms with van der Waals surface area (Å²) < 4.78 is 281. The van der Waals surface area contributed by atoms with E-state index in [1.165, 1.54) is 0 Å². The van der Waals surface area contributed by atoms with Gasteiger partial charge in [-0.1, -0.05) is 0 Å². The molecule has 57 heavy (non-hydrogen) atoms. The number of hydrogen-bond donors (Lipinski definition) is 0. The Kier molecular flexibility index (Phi) is 23.5. The van der Waals surface area contributed by atoms with Gasteiger partial charge in [0, 0.05) is 0 Å². The van der Waals surface area contributed by atoms with E-state index in [2.05, 4.69) is 1.41 Å². The molecular formula is C32H50F20O3Sn2. The van der Waals surface area contributed by atoms with Crippen LogP contribution in [0.4, 0.5) is 87.8 Å². The van der Waals surface area contributed by atoms with Crippen molar-refractivity contribution >= 4 is 38.4 Å². The van der Waals surface area contributed by atoms with Crippen LogP contribution in [0.5, 0.6) is 0 Å². The summed E-state index contributed by atoms with van der Waals surface area (Å²) in [6.07, 6.45) is -43.7. The van der Waals surface area contributed by atoms with Crippen LogP contribution in [0.2, 0.25) is 0 Å². The van der Waals surface area contributed by atoms with E-state index in [0.29, 0.717) is 38.5 Å². The van der Waals surface area contributed by atoms with Gasteiger partial charge in [-0.15, -0.1) is 0 Å². The summed E-state index contributed by atoms with van der Waals surface area (Å²) in [6, 6.07) is 0. The van der Waals surface area contributed by atoms with Crippen molar-refractivity contribution in [1.82, 2.24) is 0 Å². The van der Waals surface area contributed by atoms with Crippen molar-refractivity contribution in [3.05, 3.63) is 0 Å². The molecule has 3 nitrogen and oxygen atoms in total. The predicted octanol–water partition coefficient (Wildman–Crippen LogP) is 14.7. The quantitative estimate of drug-likeness (QED) is 0.0408. The first-order valence-corrected chi connectivity index (χ1v) is 28.8. The standard InChI is InChI=1S/2C8H17O.4C4H4F5.O.2Sn/c2*1-2-3-4-5-6-7-8-9;4*5-3(6)1-2-4(7,8)9;;;/h2*2-8H2,1H3;4*1-2H2;;;/q2*-1;;;;;;2*+1. The summed E-state index contributed by atoms with van der Waals surface area (Å²) >= 11 is -19.1. The zero-order valence-electron chi connectivity index (χ0n) is 31.3. The summed E-state index contributed by atoms with van der Waals surface area (Å²) in [7, 11) is 0. The Bertz CT molecular complexity index is 967. The Morgan fingerprint density at radius 2 is 0.509 bits per heavy atom. The van der Waals surface area contributed by atoms with E-state index in [-0.39, 0.29) is 25.7 Å². The molecule has 0 aromatic carbocycles. The third kappa shape index (κ3) is 20.2. The van der Waals surface area contributed by atoms with Gasteiger partial charge in [0.05, 0.1) is 0 Å². The van der Waals surface area contributed by atoms with Crippen molar-refractivity contribution in [1.29, 1.82) is 0 Å². The van der Waals surface area contributed by atoms with Crippen molar-refractivity contribution in [3.63, 3.8) is 0 Å². The van der Waals surface area contributed by atoms with Crippen LogP contribution in [0.3, 0.4) is 0 Å². The third-order valence-electron chi connectivity index (χ3n) is 8.71. The molecular weight excluding hydrogens is 1050 g/mol. The van der Waals surface area contributed by atoms with E-state index in [1.807, 2.05) is 0 Å². The second kappa shape index (κ2) is 23.5. The van der Waals surface area contributed by atoms with E-state index < -0.39 is 156 Å². The molecule has 0 radical (unpaired) electrons. The average Bonchev–Trinajstić information content (AvgIpc) is 3.04. The fourth-order valence-corrected chi connectivity index (χ4v) is 43.3. The summed E-state index contributed by atoms with van der Waals surface area (Å²) in [6.45, 7) is 0.425. The Hall–Kier alpha value is 0.0774. The fraction of sp³-hybridized carbons (Fsp3) is 1.00. The Balaban J connectivity index is 8.21. The molecule has 0 amide bonds. The number of hydrogen-bond acceptors (Lipinski definition) is 3. The molecule has 344 valence electrons. The van der Waals surface area contributed by atoms with E-state index >= 15 is 35.1 Å². The first-order valence-electron chi connectivity index (χ1n) is 18.4. The van der Waals surface area contributed by atoms with Crippen LogP contribution in [-0.2, 0) is 7.56 Å². The molecule has 0 aromatic rings. The van der Waals surface area contributed by atoms with Crippen molar-refractivity contribution in [2.75, 3.05) is 13.2 Å². The zero-order valence-corrected chi connectivity index (χ0v) is 37.0. The Morgan fingerprint density at radius 1 is 0.298 bits per heavy atom. The summed E-state index contributed by atoms with van der Waals surface area (Å²) in [5.41, 5.74) is 0. The molecule has 0 aliphatic rings. The summed E-state index contributed by atoms with van der Waals surface area (Å²) in [5, 5.41) is 0. The van der Waals surface area contributed by atoms with E-state index in [1.54, 1.807) is 13.8 Å². The van der Waals surface area contributed by atoms with Gasteiger partial charge >= 0.3 is 330 Å². The van der Waals surface area contributed by atoms with Gasteiger partial charge in [-0.25, -0.2) is 0 Å². The zero-order chi connectivity index (χ0) is 44.7. The minimum atomic E-state index is -9.53. The number of rotatable bonds is 30. The van der Waals surface area contributed by atoms with Crippen molar-refractivity contribution in [2.45, 2.75) is 183 Å². The maximum atomic E-state index is 16.4. The van der Waals surface area contributed by atoms with E-state index in [0.717, 1.165) is 0 Å². The SMILES string of the molecule is CCCCCCCC[O][Sn]([O][Sn]([O]CCCCCCCC)([C](F)(F)CCC(F)(F)F)[C](F)(F)CCC(F)(F)F)([C](F)(F)CCC(F)(F)F)[C](F)(F)CCC(F)(F)F. The maximum absolute atomic E-state index is 16.4. The first kappa shape index (κ1) is 57.1. The molecule has 0 fully saturated rings. The molecule has 0 unspecified atom stereocenters. The molecule has 25 heteroatoms. The molecule has 0 saturated carbocycles. The number of halogens is 20. The molecule has 0 heterocycles. The van der Waals surface area contributed by atoms with Crippen LogP contribution in [-0.4, -0.2) is 92.1 Å². The summed E-state index contributed by atoms with van der Waals surface area (Å²) in [5.74, 6) is 0. The molecule has 0 N–H and O–H groups in total. The van der Waals surface area contributed by atoms with E-state index in [4.69, 9.17) is 6.15 Å². The monoisotopic (exact) mass is 1100 g/mol. The minimum absolute atomic E-state index is 0.142. The van der Waals surface area contributed by atoms with Crippen LogP contribution in [0.25, 0.3) is 0 Å². The average molecular weight is 1100 g/mol. The van der Waals surface area contributed by atoms with Gasteiger partial charge in [0.2, 0.25) is 0 Å². The van der Waals surface area contributed by atoms with Gasteiger partial charge in [-0.3, -0.25) is 0 Å². The Labute approximate surface area is 328 Å². The molecule has 0 atom stereocenters. The summed E-state index contributed by atoms with van der Waals surface area (Å²) in [4.78, 5) is 0. The van der Waals surface area contributed by atoms with Crippen molar-refractivity contribution in [2.24, 2.45) is 0 Å². The van der Waals surface area contributed by atoms with Gasteiger partial charge in [-0.2, -0.15) is 0 Å². The number of alkyl halides is 20. The van der Waals surface area contributed by atoms with E-state index in [9.17, 15) is 52.7 Å². The van der Waals surface area contributed by atoms with Crippen LogP contribution < -0.4 is 0 Å². The molecule has 0 aliphatic carbocycles. The first-order chi connectivity index (χ1) is 25.7. The van der Waals surface area contributed by atoms with Crippen LogP contribution in [0, 0.1) is 0 Å². The van der Waals surface area contributed by atoms with Crippen molar-refractivity contribution < 1.29 is 95.4 Å². The van der Waals surface area contributed by atoms with Gasteiger partial charge in [0.1, 0.15) is 0 Å². The van der Waals surface area contributed by atoms with Crippen molar-refractivity contribution in [3.8, 4) is 0 Å². The molecule has 0 spiro atoms. The van der Waals surface area contributed by atoms with Gasteiger partial charge in [0.25, 0.3) is 0 Å². The van der Waals surface area contributed by atoms with Gasteiger partial charge in [0.15, 0.2) is 0 Å². The molecule has 0 bridgehead atoms. The normalized spacial score (nSPS) is 14.8. The Morgan fingerprint density at radius 3 is 0.719 bits per heavy atom. The number of unbranched alkanes of at least 4 members (excludes halogenated alkanes) is 10. The molecule has 0 saturated heterocycles. The molecule has 0 aliphatic heterocycles. The van der Waals surface area contributed by atoms with Crippen LogP contribution in [0.15, 0.2) is 0 Å². The third-order valence-corrected chi connectivity index (χ3v) is 38.7. The fourth-order valence-electron chi connectivity index (χ4n) is 5.57. The second-order valence-corrected chi connectivity index (χ2v) is 35.4. The topological polar surface area (TPSA) is 27.7 Å². The van der Waals surface area contributed by atoms with Crippen LogP contribution >= 0.6 is 0 Å². The second-order valence-electron chi connectivity index (χ2n) is 13.8. The van der Waals surface area contributed by atoms with Crippen LogP contribution in [0.1, 0.15) is 142 Å². The predicted molar refractivity (Wildman–Crippen MR) is 172 cm³/mol.